The van der Waals surface area contributed by atoms with Crippen molar-refractivity contribution in [1.82, 2.24) is 4.72 Å². The van der Waals surface area contributed by atoms with Crippen LogP contribution in [0.15, 0.2) is 0 Å². The molecule has 1 fully saturated rings. The SMILES string of the molecule is CCC1CCC(CN)(NS(=O)(=O)CS(C)(=O)=O)CC1. The van der Waals surface area contributed by atoms with E-state index in [1.54, 1.807) is 0 Å². The van der Waals surface area contributed by atoms with E-state index in [4.69, 9.17) is 5.73 Å². The summed E-state index contributed by atoms with van der Waals surface area (Å²) < 4.78 is 48.6. The third-order valence-electron chi connectivity index (χ3n) is 3.77. The summed E-state index contributed by atoms with van der Waals surface area (Å²) in [6, 6.07) is 0. The minimum absolute atomic E-state index is 0.201. The molecule has 0 atom stereocenters. The van der Waals surface area contributed by atoms with Crippen LogP contribution in [0, 0.1) is 5.92 Å². The van der Waals surface area contributed by atoms with E-state index in [0.29, 0.717) is 18.8 Å². The Kier molecular flexibility index (Phi) is 5.39. The first-order valence-corrected chi connectivity index (χ1v) is 10.2. The quantitative estimate of drug-likeness (QED) is 0.729. The molecular weight excluding hydrogens is 288 g/mol. The summed E-state index contributed by atoms with van der Waals surface area (Å²) in [7, 11) is -7.43. The van der Waals surface area contributed by atoms with Crippen LogP contribution in [0.2, 0.25) is 0 Å². The Morgan fingerprint density at radius 2 is 1.74 bits per heavy atom. The predicted molar refractivity (Wildman–Crippen MR) is 75.8 cm³/mol. The standard InChI is InChI=1S/C11H24N2O4S2/c1-3-10-4-6-11(8-12,7-5-10)13-19(16,17)9-18(2,14)15/h10,13H,3-9,12H2,1-2H3. The number of nitrogens with two attached hydrogens (primary N) is 1. The molecule has 0 radical (unpaired) electrons. The van der Waals surface area contributed by atoms with Crippen LogP contribution in [-0.2, 0) is 19.9 Å². The van der Waals surface area contributed by atoms with Crippen molar-refractivity contribution in [2.45, 2.75) is 44.6 Å². The fourth-order valence-corrected chi connectivity index (χ4v) is 6.06. The topological polar surface area (TPSA) is 106 Å². The highest BCUT2D eigenvalue weighted by molar-refractivity contribution is 8.06. The van der Waals surface area contributed by atoms with Gasteiger partial charge in [0, 0.05) is 18.3 Å². The van der Waals surface area contributed by atoms with E-state index in [0.717, 1.165) is 25.5 Å². The molecule has 1 aliphatic carbocycles. The predicted octanol–water partition coefficient (Wildman–Crippen LogP) is 0.206. The Hall–Kier alpha value is -0.180. The molecule has 0 saturated heterocycles. The molecule has 1 aliphatic rings. The van der Waals surface area contributed by atoms with Crippen molar-refractivity contribution in [3.63, 3.8) is 0 Å². The average Bonchev–Trinajstić information content (AvgIpc) is 2.26. The van der Waals surface area contributed by atoms with E-state index in [1.165, 1.54) is 0 Å². The van der Waals surface area contributed by atoms with Gasteiger partial charge in [0.1, 0.15) is 0 Å². The molecule has 0 spiro atoms. The molecule has 0 aromatic carbocycles. The number of rotatable bonds is 6. The van der Waals surface area contributed by atoms with Gasteiger partial charge in [-0.25, -0.2) is 21.6 Å². The first kappa shape index (κ1) is 16.9. The zero-order valence-corrected chi connectivity index (χ0v) is 13.2. The van der Waals surface area contributed by atoms with Gasteiger partial charge < -0.3 is 5.73 Å². The van der Waals surface area contributed by atoms with Crippen molar-refractivity contribution < 1.29 is 16.8 Å². The number of hydrogen-bond donors (Lipinski definition) is 2. The summed E-state index contributed by atoms with van der Waals surface area (Å²) in [4.78, 5) is 0. The normalized spacial score (nSPS) is 29.3. The van der Waals surface area contributed by atoms with Gasteiger partial charge in [-0.05, 0) is 31.6 Å². The van der Waals surface area contributed by atoms with Gasteiger partial charge in [0.2, 0.25) is 10.0 Å². The van der Waals surface area contributed by atoms with Crippen LogP contribution in [0.5, 0.6) is 0 Å². The second-order valence-electron chi connectivity index (χ2n) is 5.60. The highest BCUT2D eigenvalue weighted by atomic mass is 32.3. The van der Waals surface area contributed by atoms with Crippen molar-refractivity contribution in [2.75, 3.05) is 17.9 Å². The molecule has 0 unspecified atom stereocenters. The van der Waals surface area contributed by atoms with Crippen molar-refractivity contribution in [3.05, 3.63) is 0 Å². The van der Waals surface area contributed by atoms with Crippen LogP contribution in [0.4, 0.5) is 0 Å². The van der Waals surface area contributed by atoms with Gasteiger partial charge in [0.15, 0.2) is 14.9 Å². The van der Waals surface area contributed by atoms with Crippen molar-refractivity contribution in [3.8, 4) is 0 Å². The second kappa shape index (κ2) is 6.07. The molecule has 0 aromatic rings. The van der Waals surface area contributed by atoms with Crippen molar-refractivity contribution >= 4 is 19.9 Å². The smallest absolute Gasteiger partial charge is 0.226 e. The Morgan fingerprint density at radius 1 is 1.21 bits per heavy atom. The van der Waals surface area contributed by atoms with Gasteiger partial charge in [-0.15, -0.1) is 0 Å². The molecule has 0 aliphatic heterocycles. The lowest BCUT2D eigenvalue weighted by Crippen LogP contribution is -2.56. The lowest BCUT2D eigenvalue weighted by Gasteiger charge is -2.39. The minimum atomic E-state index is -3.85. The largest absolute Gasteiger partial charge is 0.329 e. The molecule has 1 rings (SSSR count). The van der Waals surface area contributed by atoms with Crippen LogP contribution in [0.3, 0.4) is 0 Å². The van der Waals surface area contributed by atoms with Gasteiger partial charge in [-0.1, -0.05) is 13.3 Å². The van der Waals surface area contributed by atoms with Crippen LogP contribution in [0.25, 0.3) is 0 Å². The summed E-state index contributed by atoms with van der Waals surface area (Å²) in [6.45, 7) is 2.32. The Morgan fingerprint density at radius 3 is 2.11 bits per heavy atom. The Balaban J connectivity index is 2.77. The molecular formula is C11H24N2O4S2. The summed E-state index contributed by atoms with van der Waals surface area (Å²) in [5, 5.41) is -0.876. The number of hydrogen-bond acceptors (Lipinski definition) is 5. The van der Waals surface area contributed by atoms with E-state index in [9.17, 15) is 16.8 Å². The lowest BCUT2D eigenvalue weighted by atomic mass is 9.76. The van der Waals surface area contributed by atoms with Gasteiger partial charge in [0.25, 0.3) is 0 Å². The lowest BCUT2D eigenvalue weighted by molar-refractivity contribution is 0.217. The molecule has 114 valence electrons. The maximum Gasteiger partial charge on any atom is 0.226 e. The van der Waals surface area contributed by atoms with Crippen LogP contribution in [-0.4, -0.2) is 40.3 Å². The molecule has 0 bridgehead atoms. The van der Waals surface area contributed by atoms with Crippen molar-refractivity contribution in [2.24, 2.45) is 11.7 Å². The van der Waals surface area contributed by atoms with Crippen molar-refractivity contribution in [1.29, 1.82) is 0 Å². The minimum Gasteiger partial charge on any atom is -0.329 e. The van der Waals surface area contributed by atoms with Crippen LogP contribution >= 0.6 is 0 Å². The summed E-state index contributed by atoms with van der Waals surface area (Å²) in [5.74, 6) is 0.610. The second-order valence-corrected chi connectivity index (χ2v) is 9.82. The highest BCUT2D eigenvalue weighted by Crippen LogP contribution is 2.33. The van der Waals surface area contributed by atoms with Crippen LogP contribution in [0.1, 0.15) is 39.0 Å². The summed E-state index contributed by atoms with van der Waals surface area (Å²) in [6.07, 6.45) is 5.19. The third kappa shape index (κ3) is 5.37. The van der Waals surface area contributed by atoms with E-state index in [2.05, 4.69) is 11.6 Å². The molecule has 0 amide bonds. The molecule has 19 heavy (non-hydrogen) atoms. The fourth-order valence-electron chi connectivity index (χ4n) is 2.63. The molecule has 3 N–H and O–H groups in total. The van der Waals surface area contributed by atoms with E-state index >= 15 is 0 Å². The number of sulfonamides is 1. The first-order chi connectivity index (χ1) is 8.61. The highest BCUT2D eigenvalue weighted by Gasteiger charge is 2.37. The summed E-state index contributed by atoms with van der Waals surface area (Å²) >= 11 is 0. The average molecular weight is 312 g/mol. The Bertz CT molecular complexity index is 491. The van der Waals surface area contributed by atoms with Gasteiger partial charge >= 0.3 is 0 Å². The zero-order valence-electron chi connectivity index (χ0n) is 11.6. The maximum atomic E-state index is 11.9. The number of sulfone groups is 1. The maximum absolute atomic E-state index is 11.9. The molecule has 8 heteroatoms. The van der Waals surface area contributed by atoms with E-state index in [1.807, 2.05) is 0 Å². The van der Waals surface area contributed by atoms with Gasteiger partial charge in [-0.3, -0.25) is 0 Å². The van der Waals surface area contributed by atoms with Gasteiger partial charge in [-0.2, -0.15) is 0 Å². The fraction of sp³-hybridized carbons (Fsp3) is 1.00. The number of nitrogens with one attached hydrogen (secondary N) is 1. The first-order valence-electron chi connectivity index (χ1n) is 6.51. The zero-order chi connectivity index (χ0) is 14.7. The van der Waals surface area contributed by atoms with E-state index < -0.39 is 30.5 Å². The van der Waals surface area contributed by atoms with E-state index in [-0.39, 0.29) is 6.54 Å². The molecule has 1 saturated carbocycles. The molecule has 0 aromatic heterocycles. The Labute approximate surface area is 116 Å². The van der Waals surface area contributed by atoms with Gasteiger partial charge in [0.05, 0.1) is 0 Å². The monoisotopic (exact) mass is 312 g/mol. The summed E-state index contributed by atoms with van der Waals surface area (Å²) in [5.41, 5.74) is 5.05. The third-order valence-corrected chi connectivity index (χ3v) is 7.47. The molecule has 6 nitrogen and oxygen atoms in total. The van der Waals surface area contributed by atoms with Crippen LogP contribution < -0.4 is 10.5 Å². The molecule has 0 heterocycles.